The summed E-state index contributed by atoms with van der Waals surface area (Å²) in [5, 5.41) is 3.53. The van der Waals surface area contributed by atoms with Gasteiger partial charge in [-0.3, -0.25) is 24.3 Å². The van der Waals surface area contributed by atoms with Gasteiger partial charge in [0.25, 0.3) is 11.8 Å². The largest absolute Gasteiger partial charge is 0.324 e. The van der Waals surface area contributed by atoms with Gasteiger partial charge in [0.1, 0.15) is 15.9 Å². The number of imide groups is 1. The van der Waals surface area contributed by atoms with Crippen LogP contribution in [0.25, 0.3) is 10.9 Å². The molecule has 1 aliphatic heterocycles. The number of halogens is 2. The molecule has 1 aliphatic rings. The fourth-order valence-corrected chi connectivity index (χ4v) is 4.65. The monoisotopic (exact) mass is 505 g/mol. The molecule has 0 saturated heterocycles. The first kappa shape index (κ1) is 23.2. The minimum Gasteiger partial charge on any atom is -0.324 e. The second-order valence-electron chi connectivity index (χ2n) is 7.59. The minimum atomic E-state index is -3.49. The van der Waals surface area contributed by atoms with Gasteiger partial charge in [-0.05, 0) is 42.8 Å². The highest BCUT2D eigenvalue weighted by molar-refractivity contribution is 7.90. The summed E-state index contributed by atoms with van der Waals surface area (Å²) in [6.45, 7) is 0. The van der Waals surface area contributed by atoms with E-state index in [2.05, 4.69) is 10.3 Å². The van der Waals surface area contributed by atoms with Gasteiger partial charge in [-0.25, -0.2) is 8.42 Å². The Labute approximate surface area is 199 Å². The van der Waals surface area contributed by atoms with E-state index in [1.165, 1.54) is 12.1 Å². The number of rotatable bonds is 6. The van der Waals surface area contributed by atoms with Crippen LogP contribution in [0.3, 0.4) is 0 Å². The third-order valence-electron chi connectivity index (χ3n) is 5.24. The smallest absolute Gasteiger partial charge is 0.262 e. The van der Waals surface area contributed by atoms with Crippen LogP contribution in [0.5, 0.6) is 0 Å². The lowest BCUT2D eigenvalue weighted by Gasteiger charge is -2.25. The van der Waals surface area contributed by atoms with E-state index in [9.17, 15) is 22.8 Å². The number of carbonyl (C=O) groups excluding carboxylic acids is 3. The van der Waals surface area contributed by atoms with Crippen LogP contribution in [0, 0.1) is 0 Å². The number of fused-ring (bicyclic) bond motifs is 2. The topological polar surface area (TPSA) is 114 Å². The zero-order valence-electron chi connectivity index (χ0n) is 17.2. The van der Waals surface area contributed by atoms with Gasteiger partial charge in [0.15, 0.2) is 0 Å². The van der Waals surface area contributed by atoms with E-state index in [1.54, 1.807) is 36.5 Å². The zero-order chi connectivity index (χ0) is 23.9. The van der Waals surface area contributed by atoms with Crippen molar-refractivity contribution in [2.75, 3.05) is 17.3 Å². The van der Waals surface area contributed by atoms with Crippen LogP contribution in [0.15, 0.2) is 48.7 Å². The van der Waals surface area contributed by atoms with Gasteiger partial charge in [-0.1, -0.05) is 29.3 Å². The summed E-state index contributed by atoms with van der Waals surface area (Å²) in [6.07, 6.45) is 2.35. The predicted molar refractivity (Wildman–Crippen MR) is 125 cm³/mol. The first-order chi connectivity index (χ1) is 15.6. The maximum absolute atomic E-state index is 13.3. The lowest BCUT2D eigenvalue weighted by molar-refractivity contribution is -0.120. The number of pyridine rings is 1. The number of anilines is 1. The SMILES string of the molecule is CS(=O)(=O)CC[C@@H](C(=O)Nc1cccc2ncccc12)N1C(=O)c2cc(Cl)c(Cl)cc2C1=O. The highest BCUT2D eigenvalue weighted by atomic mass is 35.5. The molecule has 1 aromatic heterocycles. The average Bonchev–Trinajstić information content (AvgIpc) is 2.98. The van der Waals surface area contributed by atoms with Gasteiger partial charge in [0.05, 0.1) is 38.1 Å². The molecule has 0 aliphatic carbocycles. The molecule has 0 saturated carbocycles. The van der Waals surface area contributed by atoms with Crippen molar-refractivity contribution in [1.29, 1.82) is 0 Å². The number of nitrogens with zero attached hydrogens (tertiary/aromatic N) is 2. The van der Waals surface area contributed by atoms with Gasteiger partial charge < -0.3 is 5.32 Å². The minimum absolute atomic E-state index is 0.000849. The number of aromatic nitrogens is 1. The Kier molecular flexibility index (Phi) is 6.13. The molecule has 1 atom stereocenters. The Hall–Kier alpha value is -3.01. The zero-order valence-corrected chi connectivity index (χ0v) is 19.5. The highest BCUT2D eigenvalue weighted by Gasteiger charge is 2.43. The van der Waals surface area contributed by atoms with Gasteiger partial charge in [-0.2, -0.15) is 0 Å². The molecule has 8 nitrogen and oxygen atoms in total. The van der Waals surface area contributed by atoms with Crippen molar-refractivity contribution in [3.05, 3.63) is 69.8 Å². The fraction of sp³-hybridized carbons (Fsp3) is 0.182. The van der Waals surface area contributed by atoms with Gasteiger partial charge in [0, 0.05) is 17.8 Å². The number of benzene rings is 2. The number of sulfone groups is 1. The van der Waals surface area contributed by atoms with Gasteiger partial charge in [-0.15, -0.1) is 0 Å². The predicted octanol–water partition coefficient (Wildman–Crippen LogP) is 3.58. The van der Waals surface area contributed by atoms with Crippen molar-refractivity contribution in [3.8, 4) is 0 Å². The van der Waals surface area contributed by atoms with Crippen LogP contribution in [-0.2, 0) is 14.6 Å². The summed E-state index contributed by atoms with van der Waals surface area (Å²) in [7, 11) is -3.49. The number of nitrogens with one attached hydrogen (secondary N) is 1. The van der Waals surface area contributed by atoms with E-state index in [-0.39, 0.29) is 27.6 Å². The van der Waals surface area contributed by atoms with Crippen molar-refractivity contribution >= 4 is 67.4 Å². The molecular formula is C22H17Cl2N3O5S. The summed E-state index contributed by atoms with van der Waals surface area (Å²) in [6, 6.07) is 9.73. The Morgan fingerprint density at radius 1 is 1.06 bits per heavy atom. The average molecular weight is 506 g/mol. The van der Waals surface area contributed by atoms with Crippen molar-refractivity contribution in [2.45, 2.75) is 12.5 Å². The Morgan fingerprint density at radius 3 is 2.30 bits per heavy atom. The van der Waals surface area contributed by atoms with E-state index >= 15 is 0 Å². The Morgan fingerprint density at radius 2 is 1.70 bits per heavy atom. The molecule has 11 heteroatoms. The molecule has 2 heterocycles. The highest BCUT2D eigenvalue weighted by Crippen LogP contribution is 2.33. The van der Waals surface area contributed by atoms with E-state index in [0.29, 0.717) is 16.6 Å². The van der Waals surface area contributed by atoms with Crippen molar-refractivity contribution < 1.29 is 22.8 Å². The number of carbonyl (C=O) groups is 3. The van der Waals surface area contributed by atoms with E-state index in [4.69, 9.17) is 23.2 Å². The Balaban J connectivity index is 1.71. The van der Waals surface area contributed by atoms with Gasteiger partial charge >= 0.3 is 0 Å². The van der Waals surface area contributed by atoms with Crippen molar-refractivity contribution in [2.24, 2.45) is 0 Å². The van der Waals surface area contributed by atoms with Crippen LogP contribution in [0.1, 0.15) is 27.1 Å². The summed E-state index contributed by atoms with van der Waals surface area (Å²) in [4.78, 5) is 44.4. The standard InChI is InChI=1S/C22H17Cl2N3O5S/c1-33(31,32)9-7-19(20(28)26-18-6-2-5-17-12(18)4-3-8-25-17)27-21(29)13-10-15(23)16(24)11-14(13)22(27)30/h2-6,8,10-11,19H,7,9H2,1H3,(H,26,28)/t19-/m0/s1. The lowest BCUT2D eigenvalue weighted by atomic mass is 10.1. The molecule has 4 rings (SSSR count). The molecule has 1 N–H and O–H groups in total. The molecule has 0 bridgehead atoms. The fourth-order valence-electron chi connectivity index (χ4n) is 3.67. The van der Waals surface area contributed by atoms with Gasteiger partial charge in [0.2, 0.25) is 5.91 Å². The summed E-state index contributed by atoms with van der Waals surface area (Å²) in [5.41, 5.74) is 1.05. The summed E-state index contributed by atoms with van der Waals surface area (Å²) in [5.74, 6) is -2.61. The van der Waals surface area contributed by atoms with E-state index in [1.807, 2.05) is 0 Å². The molecule has 0 spiro atoms. The molecule has 33 heavy (non-hydrogen) atoms. The first-order valence-corrected chi connectivity index (χ1v) is 12.6. The second kappa shape index (κ2) is 8.74. The van der Waals surface area contributed by atoms with Crippen molar-refractivity contribution in [1.82, 2.24) is 9.88 Å². The molecule has 3 aromatic rings. The molecule has 0 radical (unpaired) electrons. The maximum Gasteiger partial charge on any atom is 0.262 e. The second-order valence-corrected chi connectivity index (χ2v) is 10.7. The van der Waals surface area contributed by atoms with Crippen LogP contribution in [-0.4, -0.2) is 54.1 Å². The molecule has 0 unspecified atom stereocenters. The molecule has 0 fully saturated rings. The third-order valence-corrected chi connectivity index (χ3v) is 6.94. The number of amides is 3. The first-order valence-electron chi connectivity index (χ1n) is 9.76. The van der Waals surface area contributed by atoms with E-state index in [0.717, 1.165) is 11.2 Å². The number of hydrogen-bond acceptors (Lipinski definition) is 6. The number of hydrogen-bond donors (Lipinski definition) is 1. The van der Waals surface area contributed by atoms with E-state index < -0.39 is 39.4 Å². The Bertz CT molecular complexity index is 1380. The van der Waals surface area contributed by atoms with Crippen LogP contribution >= 0.6 is 23.2 Å². The van der Waals surface area contributed by atoms with Crippen LogP contribution in [0.2, 0.25) is 10.0 Å². The normalized spacial score (nSPS) is 14.5. The maximum atomic E-state index is 13.3. The van der Waals surface area contributed by atoms with Crippen molar-refractivity contribution in [3.63, 3.8) is 0 Å². The third kappa shape index (κ3) is 4.57. The summed E-state index contributed by atoms with van der Waals surface area (Å²) >= 11 is 12.0. The lowest BCUT2D eigenvalue weighted by Crippen LogP contribution is -2.48. The van der Waals surface area contributed by atoms with Crippen LogP contribution in [0.4, 0.5) is 5.69 Å². The molecular weight excluding hydrogens is 489 g/mol. The quantitative estimate of drug-likeness (QED) is 0.512. The molecule has 3 amide bonds. The molecule has 2 aromatic carbocycles. The summed E-state index contributed by atoms with van der Waals surface area (Å²) < 4.78 is 23.6. The van der Waals surface area contributed by atoms with Crippen LogP contribution < -0.4 is 5.32 Å². The molecule has 170 valence electrons.